The highest BCUT2D eigenvalue weighted by molar-refractivity contribution is 6.12. The molecule has 1 atom stereocenters. The number of carbonyl (C=O) groups excluding carboxylic acids is 3. The lowest BCUT2D eigenvalue weighted by Crippen LogP contribution is -2.37. The fraction of sp³-hybridized carbons (Fsp3) is 0.688. The number of ketones is 1. The van der Waals surface area contributed by atoms with Crippen LogP contribution in [0, 0.1) is 17.8 Å². The van der Waals surface area contributed by atoms with E-state index in [0.29, 0.717) is 18.2 Å². The Morgan fingerprint density at radius 3 is 2.25 bits per heavy atom. The fourth-order valence-corrected chi connectivity index (χ4v) is 3.10. The van der Waals surface area contributed by atoms with E-state index in [1.807, 2.05) is 13.8 Å². The predicted molar refractivity (Wildman–Crippen MR) is 75.8 cm³/mol. The molecule has 0 aromatic rings. The maximum absolute atomic E-state index is 12.2. The number of amides is 2. The molecule has 2 aliphatic rings. The highest BCUT2D eigenvalue weighted by atomic mass is 16.2. The molecule has 4 heteroatoms. The van der Waals surface area contributed by atoms with E-state index in [4.69, 9.17) is 0 Å². The van der Waals surface area contributed by atoms with E-state index >= 15 is 0 Å². The van der Waals surface area contributed by atoms with Crippen LogP contribution in [0.25, 0.3) is 0 Å². The van der Waals surface area contributed by atoms with Crippen LogP contribution in [0.5, 0.6) is 0 Å². The molecule has 0 saturated heterocycles. The van der Waals surface area contributed by atoms with Crippen molar-refractivity contribution in [1.29, 1.82) is 0 Å². The van der Waals surface area contributed by atoms with Crippen molar-refractivity contribution in [1.82, 2.24) is 4.90 Å². The summed E-state index contributed by atoms with van der Waals surface area (Å²) in [6, 6.07) is 0. The average Bonchev–Trinajstić information content (AvgIpc) is 2.78. The molecular formula is C16H23NO3. The molecule has 1 saturated carbocycles. The van der Waals surface area contributed by atoms with Gasteiger partial charge in [0.2, 0.25) is 0 Å². The SMILES string of the molecule is CCC(C)C(=O)C1CCC(CN2C(=O)C=CC2=O)CC1. The van der Waals surface area contributed by atoms with Crippen molar-refractivity contribution in [3.8, 4) is 0 Å². The van der Waals surface area contributed by atoms with Crippen LogP contribution in [0.4, 0.5) is 0 Å². The fourth-order valence-electron chi connectivity index (χ4n) is 3.10. The maximum Gasteiger partial charge on any atom is 0.253 e. The predicted octanol–water partition coefficient (Wildman–Crippen LogP) is 2.33. The van der Waals surface area contributed by atoms with Crippen molar-refractivity contribution in [3.63, 3.8) is 0 Å². The second kappa shape index (κ2) is 6.33. The molecule has 2 amide bonds. The first-order chi connectivity index (χ1) is 9.52. The quantitative estimate of drug-likeness (QED) is 0.725. The van der Waals surface area contributed by atoms with Crippen molar-refractivity contribution in [3.05, 3.63) is 12.2 Å². The number of carbonyl (C=O) groups is 3. The zero-order valence-electron chi connectivity index (χ0n) is 12.3. The summed E-state index contributed by atoms with van der Waals surface area (Å²) < 4.78 is 0. The van der Waals surface area contributed by atoms with Gasteiger partial charge in [0.25, 0.3) is 11.8 Å². The third-order valence-electron chi connectivity index (χ3n) is 4.69. The third-order valence-corrected chi connectivity index (χ3v) is 4.69. The number of rotatable bonds is 5. The first kappa shape index (κ1) is 14.9. The van der Waals surface area contributed by atoms with Crippen LogP contribution in [0.1, 0.15) is 46.0 Å². The van der Waals surface area contributed by atoms with Gasteiger partial charge in [-0.25, -0.2) is 0 Å². The standard InChI is InChI=1S/C16H23NO3/c1-3-11(2)16(20)13-6-4-12(5-7-13)10-17-14(18)8-9-15(17)19/h8-9,11-13H,3-7,10H2,1-2H3. The van der Waals surface area contributed by atoms with Crippen LogP contribution in [0.3, 0.4) is 0 Å². The Hall–Kier alpha value is -1.45. The van der Waals surface area contributed by atoms with Crippen molar-refractivity contribution in [2.24, 2.45) is 17.8 Å². The van der Waals surface area contributed by atoms with Gasteiger partial charge < -0.3 is 0 Å². The highest BCUT2D eigenvalue weighted by Crippen LogP contribution is 2.32. The minimum absolute atomic E-state index is 0.155. The number of nitrogens with zero attached hydrogens (tertiary/aromatic N) is 1. The van der Waals surface area contributed by atoms with Crippen molar-refractivity contribution in [2.75, 3.05) is 6.54 Å². The Balaban J connectivity index is 1.81. The number of Topliss-reactive ketones (excluding diaryl/α,β-unsaturated/α-hetero) is 1. The molecular weight excluding hydrogens is 254 g/mol. The van der Waals surface area contributed by atoms with E-state index in [9.17, 15) is 14.4 Å². The Kier molecular flexibility index (Phi) is 4.73. The molecule has 0 N–H and O–H groups in total. The van der Waals surface area contributed by atoms with Gasteiger partial charge in [-0.3, -0.25) is 19.3 Å². The minimum atomic E-state index is -0.201. The lowest BCUT2D eigenvalue weighted by molar-refractivity contribution is -0.138. The van der Waals surface area contributed by atoms with Crippen LogP contribution in [0.2, 0.25) is 0 Å². The summed E-state index contributed by atoms with van der Waals surface area (Å²) in [5, 5.41) is 0. The molecule has 2 rings (SSSR count). The number of hydrogen-bond acceptors (Lipinski definition) is 3. The molecule has 0 bridgehead atoms. The summed E-state index contributed by atoms with van der Waals surface area (Å²) in [4.78, 5) is 36.5. The van der Waals surface area contributed by atoms with Crippen LogP contribution >= 0.6 is 0 Å². The number of hydrogen-bond donors (Lipinski definition) is 0. The molecule has 1 aliphatic carbocycles. The van der Waals surface area contributed by atoms with Gasteiger partial charge >= 0.3 is 0 Å². The second-order valence-corrected chi connectivity index (χ2v) is 6.05. The van der Waals surface area contributed by atoms with Crippen molar-refractivity contribution in [2.45, 2.75) is 46.0 Å². The minimum Gasteiger partial charge on any atom is -0.299 e. The molecule has 110 valence electrons. The first-order valence-electron chi connectivity index (χ1n) is 7.60. The molecule has 1 unspecified atom stereocenters. The monoisotopic (exact) mass is 277 g/mol. The molecule has 4 nitrogen and oxygen atoms in total. The number of imide groups is 1. The third kappa shape index (κ3) is 3.17. The maximum atomic E-state index is 12.2. The normalized spacial score (nSPS) is 28.0. The zero-order valence-corrected chi connectivity index (χ0v) is 12.3. The van der Waals surface area contributed by atoms with Gasteiger partial charge in [0.15, 0.2) is 0 Å². The van der Waals surface area contributed by atoms with E-state index in [1.165, 1.54) is 17.1 Å². The molecule has 20 heavy (non-hydrogen) atoms. The van der Waals surface area contributed by atoms with E-state index in [0.717, 1.165) is 32.1 Å². The van der Waals surface area contributed by atoms with E-state index < -0.39 is 0 Å². The largest absolute Gasteiger partial charge is 0.299 e. The van der Waals surface area contributed by atoms with Gasteiger partial charge in [-0.15, -0.1) is 0 Å². The molecule has 0 radical (unpaired) electrons. The van der Waals surface area contributed by atoms with Gasteiger partial charge in [-0.2, -0.15) is 0 Å². The van der Waals surface area contributed by atoms with E-state index in [2.05, 4.69) is 0 Å². The van der Waals surface area contributed by atoms with Gasteiger partial charge in [-0.1, -0.05) is 13.8 Å². The van der Waals surface area contributed by atoms with Crippen LogP contribution in [-0.4, -0.2) is 29.0 Å². The molecule has 0 aromatic carbocycles. The van der Waals surface area contributed by atoms with Crippen molar-refractivity contribution < 1.29 is 14.4 Å². The smallest absolute Gasteiger partial charge is 0.253 e. The summed E-state index contributed by atoms with van der Waals surface area (Å²) in [5.74, 6) is 0.678. The van der Waals surface area contributed by atoms with Gasteiger partial charge in [0, 0.05) is 30.5 Å². The highest BCUT2D eigenvalue weighted by Gasteiger charge is 2.32. The van der Waals surface area contributed by atoms with Crippen LogP contribution < -0.4 is 0 Å². The van der Waals surface area contributed by atoms with Crippen molar-refractivity contribution >= 4 is 17.6 Å². The Morgan fingerprint density at radius 2 is 1.75 bits per heavy atom. The topological polar surface area (TPSA) is 54.5 Å². The van der Waals surface area contributed by atoms with Gasteiger partial charge in [0.1, 0.15) is 5.78 Å². The Morgan fingerprint density at radius 1 is 1.20 bits per heavy atom. The second-order valence-electron chi connectivity index (χ2n) is 6.05. The van der Waals surface area contributed by atoms with E-state index in [1.54, 1.807) is 0 Å². The van der Waals surface area contributed by atoms with Crippen LogP contribution in [-0.2, 0) is 14.4 Å². The first-order valence-corrected chi connectivity index (χ1v) is 7.60. The molecule has 1 heterocycles. The summed E-state index contributed by atoms with van der Waals surface area (Å²) in [6.07, 6.45) is 7.24. The molecule has 1 fully saturated rings. The summed E-state index contributed by atoms with van der Waals surface area (Å²) >= 11 is 0. The summed E-state index contributed by atoms with van der Waals surface area (Å²) in [5.41, 5.74) is 0. The Labute approximate surface area is 120 Å². The van der Waals surface area contributed by atoms with Gasteiger partial charge in [-0.05, 0) is 38.0 Å². The lowest BCUT2D eigenvalue weighted by Gasteiger charge is -2.30. The lowest BCUT2D eigenvalue weighted by atomic mass is 9.77. The van der Waals surface area contributed by atoms with E-state index in [-0.39, 0.29) is 23.7 Å². The molecule has 1 aliphatic heterocycles. The Bertz CT molecular complexity index is 415. The van der Waals surface area contributed by atoms with Crippen LogP contribution in [0.15, 0.2) is 12.2 Å². The van der Waals surface area contributed by atoms with Gasteiger partial charge in [0.05, 0.1) is 0 Å². The average molecular weight is 277 g/mol. The summed E-state index contributed by atoms with van der Waals surface area (Å²) in [6.45, 7) is 4.56. The molecule has 0 aromatic heterocycles. The zero-order chi connectivity index (χ0) is 14.7. The molecule has 0 spiro atoms. The summed E-state index contributed by atoms with van der Waals surface area (Å²) in [7, 11) is 0.